The van der Waals surface area contributed by atoms with Gasteiger partial charge in [-0.2, -0.15) is 0 Å². The summed E-state index contributed by atoms with van der Waals surface area (Å²) < 4.78 is 0. The summed E-state index contributed by atoms with van der Waals surface area (Å²) in [6.45, 7) is 0.543. The standard InChI is InChI=1S/C15H20N2O/c16-9-14(11-5-6-11)17-15(18)13-7-4-10-2-1-3-12(10)8-13/h4,7-8,11,14H,1-3,5-6,9,16H2,(H,17,18). The summed E-state index contributed by atoms with van der Waals surface area (Å²) in [5.41, 5.74) is 9.25. The number of carbonyl (C=O) groups is 1. The van der Waals surface area contributed by atoms with Crippen molar-refractivity contribution >= 4 is 5.91 Å². The molecule has 96 valence electrons. The second kappa shape index (κ2) is 4.73. The van der Waals surface area contributed by atoms with E-state index < -0.39 is 0 Å². The molecular weight excluding hydrogens is 224 g/mol. The Morgan fingerprint density at radius 1 is 1.33 bits per heavy atom. The molecule has 0 bridgehead atoms. The first-order chi connectivity index (χ1) is 8.78. The highest BCUT2D eigenvalue weighted by Gasteiger charge is 2.31. The molecule has 0 aromatic heterocycles. The van der Waals surface area contributed by atoms with Crippen molar-refractivity contribution < 1.29 is 4.79 Å². The Kier molecular flexibility index (Phi) is 3.08. The average molecular weight is 244 g/mol. The number of aryl methyl sites for hydroxylation is 2. The quantitative estimate of drug-likeness (QED) is 0.846. The van der Waals surface area contributed by atoms with Crippen LogP contribution in [-0.4, -0.2) is 18.5 Å². The normalized spacial score (nSPS) is 19.4. The van der Waals surface area contributed by atoms with Crippen molar-refractivity contribution in [2.24, 2.45) is 11.7 Å². The highest BCUT2D eigenvalue weighted by atomic mass is 16.1. The summed E-state index contributed by atoms with van der Waals surface area (Å²) >= 11 is 0. The molecule has 1 aromatic carbocycles. The Bertz CT molecular complexity index is 466. The molecular formula is C15H20N2O. The Labute approximate surface area is 108 Å². The summed E-state index contributed by atoms with van der Waals surface area (Å²) in [6.07, 6.45) is 5.89. The van der Waals surface area contributed by atoms with Crippen LogP contribution in [0.2, 0.25) is 0 Å². The van der Waals surface area contributed by atoms with E-state index in [0.29, 0.717) is 12.5 Å². The van der Waals surface area contributed by atoms with E-state index in [9.17, 15) is 4.79 Å². The van der Waals surface area contributed by atoms with Crippen molar-refractivity contribution in [1.82, 2.24) is 5.32 Å². The maximum absolute atomic E-state index is 12.2. The number of benzene rings is 1. The zero-order valence-corrected chi connectivity index (χ0v) is 10.6. The topological polar surface area (TPSA) is 55.1 Å². The highest BCUT2D eigenvalue weighted by molar-refractivity contribution is 5.94. The van der Waals surface area contributed by atoms with Gasteiger partial charge in [-0.15, -0.1) is 0 Å². The van der Waals surface area contributed by atoms with Crippen LogP contribution in [0.25, 0.3) is 0 Å². The Morgan fingerprint density at radius 3 is 2.83 bits per heavy atom. The molecule has 1 amide bonds. The minimum atomic E-state index is 0.0343. The summed E-state index contributed by atoms with van der Waals surface area (Å²) in [7, 11) is 0. The zero-order valence-electron chi connectivity index (χ0n) is 10.6. The average Bonchev–Trinajstić information content (AvgIpc) is 3.12. The summed E-state index contributed by atoms with van der Waals surface area (Å²) in [4.78, 5) is 12.2. The second-order valence-corrected chi connectivity index (χ2v) is 5.49. The van der Waals surface area contributed by atoms with Gasteiger partial charge in [0, 0.05) is 18.2 Å². The van der Waals surface area contributed by atoms with E-state index in [2.05, 4.69) is 17.4 Å². The van der Waals surface area contributed by atoms with E-state index in [1.54, 1.807) is 0 Å². The van der Waals surface area contributed by atoms with Crippen molar-refractivity contribution in [3.63, 3.8) is 0 Å². The lowest BCUT2D eigenvalue weighted by Gasteiger charge is -2.16. The maximum Gasteiger partial charge on any atom is 0.251 e. The number of amides is 1. The first kappa shape index (κ1) is 11.7. The molecule has 3 rings (SSSR count). The van der Waals surface area contributed by atoms with E-state index in [-0.39, 0.29) is 11.9 Å². The number of nitrogens with two attached hydrogens (primary N) is 1. The van der Waals surface area contributed by atoms with Gasteiger partial charge in [0.1, 0.15) is 0 Å². The van der Waals surface area contributed by atoms with Crippen LogP contribution in [0.4, 0.5) is 0 Å². The fraction of sp³-hybridized carbons (Fsp3) is 0.533. The number of nitrogens with one attached hydrogen (secondary N) is 1. The lowest BCUT2D eigenvalue weighted by atomic mass is 10.1. The molecule has 0 aliphatic heterocycles. The lowest BCUT2D eigenvalue weighted by molar-refractivity contribution is 0.0933. The molecule has 2 aliphatic carbocycles. The Morgan fingerprint density at radius 2 is 2.11 bits per heavy atom. The van der Waals surface area contributed by atoms with Crippen molar-refractivity contribution in [2.45, 2.75) is 38.1 Å². The lowest BCUT2D eigenvalue weighted by Crippen LogP contribution is -2.41. The van der Waals surface area contributed by atoms with Gasteiger partial charge in [-0.25, -0.2) is 0 Å². The largest absolute Gasteiger partial charge is 0.348 e. The summed E-state index contributed by atoms with van der Waals surface area (Å²) in [5.74, 6) is 0.639. The molecule has 3 heteroatoms. The molecule has 0 radical (unpaired) electrons. The van der Waals surface area contributed by atoms with E-state index >= 15 is 0 Å². The van der Waals surface area contributed by atoms with Crippen LogP contribution in [0.15, 0.2) is 18.2 Å². The minimum absolute atomic E-state index is 0.0343. The van der Waals surface area contributed by atoms with Crippen molar-refractivity contribution in [1.29, 1.82) is 0 Å². The van der Waals surface area contributed by atoms with Crippen LogP contribution in [-0.2, 0) is 12.8 Å². The molecule has 0 spiro atoms. The molecule has 18 heavy (non-hydrogen) atoms. The van der Waals surface area contributed by atoms with Crippen molar-refractivity contribution in [3.8, 4) is 0 Å². The Hall–Kier alpha value is -1.35. The third kappa shape index (κ3) is 2.27. The fourth-order valence-electron chi connectivity index (χ4n) is 2.83. The third-order valence-electron chi connectivity index (χ3n) is 4.12. The molecule has 1 saturated carbocycles. The SMILES string of the molecule is NCC(NC(=O)c1ccc2c(c1)CCC2)C1CC1. The van der Waals surface area contributed by atoms with Gasteiger partial charge in [0.05, 0.1) is 0 Å². The fourth-order valence-corrected chi connectivity index (χ4v) is 2.83. The number of fused-ring (bicyclic) bond motifs is 1. The van der Waals surface area contributed by atoms with Crippen LogP contribution in [0.1, 0.15) is 40.7 Å². The van der Waals surface area contributed by atoms with Gasteiger partial charge in [0.2, 0.25) is 0 Å². The number of rotatable bonds is 4. The maximum atomic E-state index is 12.2. The number of carbonyl (C=O) groups excluding carboxylic acids is 1. The van der Waals surface area contributed by atoms with Gasteiger partial charge in [-0.05, 0) is 61.3 Å². The first-order valence-corrected chi connectivity index (χ1v) is 6.90. The van der Waals surface area contributed by atoms with Crippen LogP contribution in [0, 0.1) is 5.92 Å². The van der Waals surface area contributed by atoms with E-state index in [0.717, 1.165) is 18.4 Å². The number of hydrogen-bond donors (Lipinski definition) is 2. The predicted molar refractivity (Wildman–Crippen MR) is 71.5 cm³/mol. The summed E-state index contributed by atoms with van der Waals surface area (Å²) in [6, 6.07) is 6.26. The van der Waals surface area contributed by atoms with Crippen LogP contribution >= 0.6 is 0 Å². The van der Waals surface area contributed by atoms with Crippen LogP contribution < -0.4 is 11.1 Å². The van der Waals surface area contributed by atoms with Crippen molar-refractivity contribution in [3.05, 3.63) is 34.9 Å². The third-order valence-corrected chi connectivity index (χ3v) is 4.12. The smallest absolute Gasteiger partial charge is 0.251 e. The highest BCUT2D eigenvalue weighted by Crippen LogP contribution is 2.32. The van der Waals surface area contributed by atoms with Gasteiger partial charge in [-0.1, -0.05) is 6.07 Å². The summed E-state index contributed by atoms with van der Waals surface area (Å²) in [5, 5.41) is 3.07. The zero-order chi connectivity index (χ0) is 12.5. The molecule has 1 fully saturated rings. The van der Waals surface area contributed by atoms with Gasteiger partial charge in [0.25, 0.3) is 5.91 Å². The predicted octanol–water partition coefficient (Wildman–Crippen LogP) is 1.64. The van der Waals surface area contributed by atoms with Crippen molar-refractivity contribution in [2.75, 3.05) is 6.54 Å². The molecule has 1 atom stereocenters. The van der Waals surface area contributed by atoms with Gasteiger partial charge < -0.3 is 11.1 Å². The minimum Gasteiger partial charge on any atom is -0.348 e. The van der Waals surface area contributed by atoms with Gasteiger partial charge in [0.15, 0.2) is 0 Å². The molecule has 1 aromatic rings. The molecule has 0 heterocycles. The van der Waals surface area contributed by atoms with Gasteiger partial charge >= 0.3 is 0 Å². The van der Waals surface area contributed by atoms with Gasteiger partial charge in [-0.3, -0.25) is 4.79 Å². The monoisotopic (exact) mass is 244 g/mol. The molecule has 3 N–H and O–H groups in total. The number of hydrogen-bond acceptors (Lipinski definition) is 2. The Balaban J connectivity index is 1.71. The van der Waals surface area contributed by atoms with Crippen LogP contribution in [0.3, 0.4) is 0 Å². The van der Waals surface area contributed by atoms with E-state index in [4.69, 9.17) is 5.73 Å². The molecule has 2 aliphatic rings. The first-order valence-electron chi connectivity index (χ1n) is 6.90. The second-order valence-electron chi connectivity index (χ2n) is 5.49. The van der Waals surface area contributed by atoms with E-state index in [1.807, 2.05) is 6.07 Å². The molecule has 1 unspecified atom stereocenters. The molecule has 3 nitrogen and oxygen atoms in total. The molecule has 0 saturated heterocycles. The van der Waals surface area contributed by atoms with E-state index in [1.165, 1.54) is 30.4 Å². The van der Waals surface area contributed by atoms with Crippen LogP contribution in [0.5, 0.6) is 0 Å².